The van der Waals surface area contributed by atoms with E-state index < -0.39 is 11.7 Å². The molecule has 0 aromatic heterocycles. The first-order valence-corrected chi connectivity index (χ1v) is 20.8. The fraction of sp³-hybridized carbons (Fsp3) is 0.0667. The summed E-state index contributed by atoms with van der Waals surface area (Å²) in [6.45, 7) is 4.01. The predicted octanol–water partition coefficient (Wildman–Crippen LogP) is 13.8. The lowest BCUT2D eigenvalue weighted by atomic mass is 10.2. The van der Waals surface area contributed by atoms with Crippen LogP contribution in [0.5, 0.6) is 0 Å². The minimum atomic E-state index is -4.50. The summed E-state index contributed by atoms with van der Waals surface area (Å²) in [7, 11) is -0.643. The maximum absolute atomic E-state index is 14.6. The first-order valence-electron chi connectivity index (χ1n) is 16.7. The molecule has 0 bridgehead atoms. The van der Waals surface area contributed by atoms with Crippen molar-refractivity contribution in [3.8, 4) is 0 Å². The molecular weight excluding hydrogens is 726 g/mol. The van der Waals surface area contributed by atoms with Crippen LogP contribution in [0, 0.1) is 13.8 Å². The molecule has 7 aromatic carbocycles. The monoisotopic (exact) mass is 760 g/mol. The van der Waals surface area contributed by atoms with Crippen molar-refractivity contribution in [2.24, 2.45) is 0 Å². The van der Waals surface area contributed by atoms with Crippen molar-refractivity contribution in [2.45, 2.75) is 69.0 Å². The standard InChI is InChI=1S/C45H35F3S4/c1-32-29-39(51(35-15-7-3-8-16-35)36-17-9-4-10-18-36)24-27-42(32)49-34-23-26-44(41(31-34)45(46,47)48)50-43-28-25-40(30-33(43)2)52(37-19-11-5-12-20-37)38-21-13-6-14-22-38/h3-31H,1-2H3/q+2. The average molecular weight is 761 g/mol. The minimum Gasteiger partial charge on any atom is -0.166 e. The van der Waals surface area contributed by atoms with Crippen LogP contribution in [-0.4, -0.2) is 0 Å². The Hall–Kier alpha value is -4.27. The lowest BCUT2D eigenvalue weighted by molar-refractivity contribution is -0.139. The Bertz CT molecular complexity index is 2180. The topological polar surface area (TPSA) is 0 Å². The van der Waals surface area contributed by atoms with Gasteiger partial charge >= 0.3 is 6.18 Å². The van der Waals surface area contributed by atoms with E-state index in [1.54, 1.807) is 12.1 Å². The van der Waals surface area contributed by atoms with Gasteiger partial charge < -0.3 is 0 Å². The van der Waals surface area contributed by atoms with Gasteiger partial charge in [0.1, 0.15) is 0 Å². The molecule has 0 aliphatic heterocycles. The largest absolute Gasteiger partial charge is 0.417 e. The molecule has 0 fully saturated rings. The van der Waals surface area contributed by atoms with Gasteiger partial charge in [-0.05, 0) is 128 Å². The highest BCUT2D eigenvalue weighted by atomic mass is 32.2. The van der Waals surface area contributed by atoms with E-state index in [1.165, 1.54) is 54.1 Å². The summed E-state index contributed by atoms with van der Waals surface area (Å²) in [4.78, 5) is 9.60. The van der Waals surface area contributed by atoms with Crippen molar-refractivity contribution in [2.75, 3.05) is 0 Å². The summed E-state index contributed by atoms with van der Waals surface area (Å²) >= 11 is 2.54. The summed E-state index contributed by atoms with van der Waals surface area (Å²) < 4.78 is 43.9. The highest BCUT2D eigenvalue weighted by molar-refractivity contribution is 8.00. The van der Waals surface area contributed by atoms with Gasteiger partial charge in [0.2, 0.25) is 0 Å². The Morgan fingerprint density at radius 1 is 0.385 bits per heavy atom. The molecule has 0 spiro atoms. The van der Waals surface area contributed by atoms with Crippen LogP contribution in [-0.2, 0) is 28.0 Å². The second-order valence-electron chi connectivity index (χ2n) is 12.1. The maximum Gasteiger partial charge on any atom is 0.417 e. The van der Waals surface area contributed by atoms with E-state index in [1.807, 2.05) is 74.5 Å². The molecule has 0 saturated carbocycles. The van der Waals surface area contributed by atoms with Crippen LogP contribution in [0.25, 0.3) is 0 Å². The summed E-state index contributed by atoms with van der Waals surface area (Å²) in [5.41, 5.74) is 1.35. The molecule has 7 heteroatoms. The molecular formula is C45H35F3S4+2. The van der Waals surface area contributed by atoms with Gasteiger partial charge in [-0.1, -0.05) is 96.3 Å². The first kappa shape index (κ1) is 36.1. The number of benzene rings is 7. The molecule has 0 radical (unpaired) electrons. The number of aryl methyl sites for hydroxylation is 2. The maximum atomic E-state index is 14.6. The fourth-order valence-electron chi connectivity index (χ4n) is 5.90. The van der Waals surface area contributed by atoms with Gasteiger partial charge in [0, 0.05) is 19.6 Å². The molecule has 7 aromatic rings. The number of halogens is 3. The smallest absolute Gasteiger partial charge is 0.166 e. The Kier molecular flexibility index (Phi) is 11.2. The molecule has 258 valence electrons. The fourth-order valence-corrected chi connectivity index (χ4v) is 12.2. The Labute approximate surface area is 318 Å². The van der Waals surface area contributed by atoms with E-state index in [9.17, 15) is 13.2 Å². The van der Waals surface area contributed by atoms with Crippen molar-refractivity contribution >= 4 is 45.3 Å². The zero-order valence-electron chi connectivity index (χ0n) is 28.5. The molecule has 0 aliphatic rings. The Morgan fingerprint density at radius 3 is 1.12 bits per heavy atom. The molecule has 0 amide bonds. The van der Waals surface area contributed by atoms with Gasteiger partial charge in [0.05, 0.1) is 27.4 Å². The van der Waals surface area contributed by atoms with Gasteiger partial charge in [-0.25, -0.2) is 0 Å². The molecule has 7 rings (SSSR count). The molecule has 0 nitrogen and oxygen atoms in total. The summed E-state index contributed by atoms with van der Waals surface area (Å²) in [5.74, 6) is 0. The lowest BCUT2D eigenvalue weighted by Crippen LogP contribution is -2.07. The van der Waals surface area contributed by atoms with Gasteiger partial charge in [-0.3, -0.25) is 0 Å². The number of alkyl halides is 3. The molecule has 0 unspecified atom stereocenters. The minimum absolute atomic E-state index is 0.194. The summed E-state index contributed by atoms with van der Waals surface area (Å²) in [6, 6.07) is 58.7. The van der Waals surface area contributed by atoms with Gasteiger partial charge in [-0.15, -0.1) is 0 Å². The third-order valence-electron chi connectivity index (χ3n) is 8.38. The number of hydrogen-bond acceptors (Lipinski definition) is 2. The number of rotatable bonds is 10. The van der Waals surface area contributed by atoms with E-state index in [0.29, 0.717) is 4.90 Å². The van der Waals surface area contributed by atoms with Crippen molar-refractivity contribution in [1.82, 2.24) is 0 Å². The third kappa shape index (κ3) is 8.34. The molecule has 0 N–H and O–H groups in total. The van der Waals surface area contributed by atoms with Gasteiger partial charge in [-0.2, -0.15) is 13.2 Å². The summed E-state index contributed by atoms with van der Waals surface area (Å²) in [5, 5.41) is 0. The van der Waals surface area contributed by atoms with Crippen molar-refractivity contribution in [3.05, 3.63) is 193 Å². The van der Waals surface area contributed by atoms with Crippen LogP contribution in [0.1, 0.15) is 16.7 Å². The van der Waals surface area contributed by atoms with Crippen molar-refractivity contribution in [3.63, 3.8) is 0 Å². The van der Waals surface area contributed by atoms with Gasteiger partial charge in [0.15, 0.2) is 29.4 Å². The summed E-state index contributed by atoms with van der Waals surface area (Å²) in [6.07, 6.45) is -4.50. The average Bonchev–Trinajstić information content (AvgIpc) is 3.16. The van der Waals surface area contributed by atoms with Crippen LogP contribution in [0.3, 0.4) is 0 Å². The zero-order chi connectivity index (χ0) is 36.1. The predicted molar refractivity (Wildman–Crippen MR) is 212 cm³/mol. The number of hydrogen-bond donors (Lipinski definition) is 0. The third-order valence-corrected chi connectivity index (χ3v) is 15.2. The van der Waals surface area contributed by atoms with E-state index >= 15 is 0 Å². The molecule has 0 saturated heterocycles. The Balaban J connectivity index is 1.15. The van der Waals surface area contributed by atoms with E-state index in [-0.39, 0.29) is 26.7 Å². The lowest BCUT2D eigenvalue weighted by Gasteiger charge is -2.16. The van der Waals surface area contributed by atoms with E-state index in [4.69, 9.17) is 0 Å². The van der Waals surface area contributed by atoms with Crippen LogP contribution >= 0.6 is 23.5 Å². The highest BCUT2D eigenvalue weighted by Crippen LogP contribution is 2.44. The van der Waals surface area contributed by atoms with E-state index in [0.717, 1.165) is 25.8 Å². The van der Waals surface area contributed by atoms with Crippen LogP contribution < -0.4 is 0 Å². The van der Waals surface area contributed by atoms with Crippen LogP contribution in [0.15, 0.2) is 225 Å². The first-order chi connectivity index (χ1) is 25.2. The van der Waals surface area contributed by atoms with E-state index in [2.05, 4.69) is 97.1 Å². The highest BCUT2D eigenvalue weighted by Gasteiger charge is 2.35. The van der Waals surface area contributed by atoms with Crippen molar-refractivity contribution < 1.29 is 13.2 Å². The molecule has 0 atom stereocenters. The zero-order valence-corrected chi connectivity index (χ0v) is 31.8. The normalized spacial score (nSPS) is 11.7. The second-order valence-corrected chi connectivity index (χ2v) is 18.3. The molecule has 52 heavy (non-hydrogen) atoms. The van der Waals surface area contributed by atoms with Crippen molar-refractivity contribution in [1.29, 1.82) is 0 Å². The van der Waals surface area contributed by atoms with Crippen LogP contribution in [0.2, 0.25) is 0 Å². The van der Waals surface area contributed by atoms with Crippen LogP contribution in [0.4, 0.5) is 13.2 Å². The molecule has 0 heterocycles. The Morgan fingerprint density at radius 2 is 0.750 bits per heavy atom. The molecule has 0 aliphatic carbocycles. The second kappa shape index (κ2) is 16.2. The SMILES string of the molecule is Cc1cc([S+](c2ccccc2)c2ccccc2)ccc1Sc1ccc(Sc2ccc([S+](c3ccccc3)c3ccccc3)cc2C)c(C(F)(F)F)c1. The quantitative estimate of drug-likeness (QED) is 0.127. The van der Waals surface area contributed by atoms with Gasteiger partial charge in [0.25, 0.3) is 0 Å².